The molecule has 156 valence electrons. The number of nitrogens with zero attached hydrogens (tertiary/aromatic N) is 1. The van der Waals surface area contributed by atoms with Crippen LogP contribution < -0.4 is 9.50 Å². The van der Waals surface area contributed by atoms with Gasteiger partial charge in [0.2, 0.25) is 0 Å². The first-order chi connectivity index (χ1) is 14.9. The number of nitrogens with one attached hydrogen (secondary N) is 1. The van der Waals surface area contributed by atoms with Crippen molar-refractivity contribution in [1.29, 1.82) is 0 Å². The number of amidine groups is 1. The molecule has 4 rings (SSSR count). The maximum Gasteiger partial charge on any atom is 0.339 e. The van der Waals surface area contributed by atoms with Gasteiger partial charge in [0, 0.05) is 5.02 Å². The fraction of sp³-hybridized carbons (Fsp3) is 0. The molecule has 0 spiro atoms. The molecule has 0 bridgehead atoms. The van der Waals surface area contributed by atoms with Gasteiger partial charge < -0.3 is 9.50 Å². The summed E-state index contributed by atoms with van der Waals surface area (Å²) in [6.45, 7) is 0. The molecule has 0 aromatic heterocycles. The number of amides is 1. The Balaban J connectivity index is 1.47. The first-order valence-corrected chi connectivity index (χ1v) is 11.6. The van der Waals surface area contributed by atoms with Gasteiger partial charge in [0.05, 0.1) is 10.6 Å². The summed E-state index contributed by atoms with van der Waals surface area (Å²) < 4.78 is 29.9. The molecule has 31 heavy (non-hydrogen) atoms. The summed E-state index contributed by atoms with van der Waals surface area (Å²) in [5.74, 6) is -0.0859. The maximum atomic E-state index is 12.4. The normalized spacial score (nSPS) is 16.5. The van der Waals surface area contributed by atoms with Gasteiger partial charge in [0.15, 0.2) is 5.17 Å². The molecule has 3 aromatic carbocycles. The van der Waals surface area contributed by atoms with Gasteiger partial charge in [-0.2, -0.15) is 8.42 Å². The van der Waals surface area contributed by atoms with Crippen molar-refractivity contribution < 1.29 is 17.4 Å². The summed E-state index contributed by atoms with van der Waals surface area (Å²) in [7, 11) is -3.97. The second-order valence-corrected chi connectivity index (χ2v) is 9.39. The van der Waals surface area contributed by atoms with E-state index in [1.54, 1.807) is 18.2 Å². The molecule has 1 N–H and O–H groups in total. The van der Waals surface area contributed by atoms with Crippen LogP contribution in [-0.2, 0) is 14.9 Å². The quantitative estimate of drug-likeness (QED) is 0.419. The molecule has 1 amide bonds. The van der Waals surface area contributed by atoms with Crippen LogP contribution in [0.25, 0.3) is 6.08 Å². The van der Waals surface area contributed by atoms with E-state index in [4.69, 9.17) is 15.8 Å². The standard InChI is InChI=1S/C22H15ClN2O4S2/c23-16-8-12-19(13-9-16)31(27,28)29-18-10-6-15(7-11-18)14-20-21(26)25-22(30-20)24-17-4-2-1-3-5-17/h1-14H,(H,24,25,26)/b20-14-. The third-order valence-electron chi connectivity index (χ3n) is 4.12. The van der Waals surface area contributed by atoms with Crippen LogP contribution in [0.2, 0.25) is 5.02 Å². The Morgan fingerprint density at radius 1 is 0.935 bits per heavy atom. The zero-order valence-electron chi connectivity index (χ0n) is 15.9. The van der Waals surface area contributed by atoms with Crippen LogP contribution in [0.15, 0.2) is 93.7 Å². The van der Waals surface area contributed by atoms with E-state index in [0.717, 1.165) is 11.3 Å². The molecular formula is C22H15ClN2O4S2. The largest absolute Gasteiger partial charge is 0.379 e. The molecule has 1 aliphatic rings. The first kappa shape index (κ1) is 21.2. The van der Waals surface area contributed by atoms with E-state index in [0.29, 0.717) is 15.1 Å². The van der Waals surface area contributed by atoms with Crippen molar-refractivity contribution in [3.05, 3.63) is 94.4 Å². The van der Waals surface area contributed by atoms with Crippen LogP contribution in [0.3, 0.4) is 0 Å². The van der Waals surface area contributed by atoms with Gasteiger partial charge >= 0.3 is 10.1 Å². The Kier molecular flexibility index (Phi) is 6.13. The number of para-hydroxylation sites is 1. The topological polar surface area (TPSA) is 84.8 Å². The second-order valence-electron chi connectivity index (χ2n) is 6.38. The maximum absolute atomic E-state index is 12.4. The number of carbonyl (C=O) groups excluding carboxylic acids is 1. The van der Waals surface area contributed by atoms with Crippen molar-refractivity contribution >= 4 is 56.3 Å². The molecule has 3 aromatic rings. The van der Waals surface area contributed by atoms with Crippen LogP contribution in [0.1, 0.15) is 5.56 Å². The van der Waals surface area contributed by atoms with E-state index >= 15 is 0 Å². The molecule has 0 atom stereocenters. The van der Waals surface area contributed by atoms with E-state index in [9.17, 15) is 13.2 Å². The lowest BCUT2D eigenvalue weighted by molar-refractivity contribution is -0.115. The van der Waals surface area contributed by atoms with Gasteiger partial charge in [0.25, 0.3) is 5.91 Å². The molecule has 0 aliphatic carbocycles. The Hall–Kier alpha value is -3.07. The average molecular weight is 471 g/mol. The van der Waals surface area contributed by atoms with Crippen LogP contribution in [0.5, 0.6) is 5.75 Å². The van der Waals surface area contributed by atoms with Gasteiger partial charge in [-0.1, -0.05) is 41.9 Å². The predicted octanol–water partition coefficient (Wildman–Crippen LogP) is 5.00. The van der Waals surface area contributed by atoms with Gasteiger partial charge in [0.1, 0.15) is 10.6 Å². The highest BCUT2D eigenvalue weighted by Gasteiger charge is 2.24. The lowest BCUT2D eigenvalue weighted by Crippen LogP contribution is -2.19. The number of rotatable bonds is 5. The minimum Gasteiger partial charge on any atom is -0.379 e. The molecule has 0 unspecified atom stereocenters. The lowest BCUT2D eigenvalue weighted by atomic mass is 10.2. The van der Waals surface area contributed by atoms with E-state index in [1.165, 1.54) is 48.2 Å². The van der Waals surface area contributed by atoms with Crippen LogP contribution in [-0.4, -0.2) is 19.5 Å². The smallest absolute Gasteiger partial charge is 0.339 e. The number of aliphatic imine (C=N–C) groups is 1. The number of hydrogen-bond donors (Lipinski definition) is 1. The van der Waals surface area contributed by atoms with Crippen molar-refractivity contribution in [2.24, 2.45) is 4.99 Å². The molecule has 1 saturated heterocycles. The minimum atomic E-state index is -3.97. The zero-order valence-corrected chi connectivity index (χ0v) is 18.2. The summed E-state index contributed by atoms with van der Waals surface area (Å²) in [5.41, 5.74) is 1.46. The Bertz CT molecular complexity index is 1270. The lowest BCUT2D eigenvalue weighted by Gasteiger charge is -2.07. The fourth-order valence-corrected chi connectivity index (χ4v) is 4.55. The molecule has 1 aliphatic heterocycles. The van der Waals surface area contributed by atoms with Crippen molar-refractivity contribution in [2.45, 2.75) is 4.90 Å². The highest BCUT2D eigenvalue weighted by Crippen LogP contribution is 2.28. The van der Waals surface area contributed by atoms with E-state index in [-0.39, 0.29) is 16.6 Å². The number of halogens is 1. The van der Waals surface area contributed by atoms with Gasteiger partial charge in [-0.15, -0.1) is 0 Å². The predicted molar refractivity (Wildman–Crippen MR) is 123 cm³/mol. The molecule has 0 radical (unpaired) electrons. The average Bonchev–Trinajstić information content (AvgIpc) is 3.09. The minimum absolute atomic E-state index is 0.00681. The number of hydrogen-bond acceptors (Lipinski definition) is 6. The molecule has 9 heteroatoms. The number of benzene rings is 3. The SMILES string of the molecule is O=C1NC(=Nc2ccccc2)S/C1=C\c1ccc(OS(=O)(=O)c2ccc(Cl)cc2)cc1. The monoisotopic (exact) mass is 470 g/mol. The summed E-state index contributed by atoms with van der Waals surface area (Å²) >= 11 is 7.02. The molecule has 1 fully saturated rings. The summed E-state index contributed by atoms with van der Waals surface area (Å²) in [5, 5.41) is 3.66. The Morgan fingerprint density at radius 2 is 1.61 bits per heavy atom. The summed E-state index contributed by atoms with van der Waals surface area (Å²) in [4.78, 5) is 17.1. The van der Waals surface area contributed by atoms with Crippen LogP contribution in [0, 0.1) is 0 Å². The third kappa shape index (κ3) is 5.35. The third-order valence-corrected chi connectivity index (χ3v) is 6.55. The van der Waals surface area contributed by atoms with E-state index in [1.807, 2.05) is 30.3 Å². The molecule has 0 saturated carbocycles. The van der Waals surface area contributed by atoms with E-state index in [2.05, 4.69) is 10.3 Å². The fourth-order valence-electron chi connectivity index (χ4n) is 2.65. The number of carbonyl (C=O) groups is 1. The molecular weight excluding hydrogens is 456 g/mol. The molecule has 1 heterocycles. The Morgan fingerprint density at radius 3 is 2.29 bits per heavy atom. The highest BCUT2D eigenvalue weighted by molar-refractivity contribution is 8.18. The summed E-state index contributed by atoms with van der Waals surface area (Å²) in [6.07, 6.45) is 1.70. The van der Waals surface area contributed by atoms with Gasteiger partial charge in [-0.05, 0) is 71.9 Å². The summed E-state index contributed by atoms with van der Waals surface area (Å²) in [6, 6.07) is 21.4. The molecule has 6 nitrogen and oxygen atoms in total. The van der Waals surface area contributed by atoms with Crippen molar-refractivity contribution in [3.8, 4) is 5.75 Å². The first-order valence-electron chi connectivity index (χ1n) is 9.04. The van der Waals surface area contributed by atoms with Crippen molar-refractivity contribution in [1.82, 2.24) is 5.32 Å². The van der Waals surface area contributed by atoms with Crippen LogP contribution >= 0.6 is 23.4 Å². The Labute approximate surface area is 188 Å². The van der Waals surface area contributed by atoms with Crippen LogP contribution in [0.4, 0.5) is 5.69 Å². The zero-order chi connectivity index (χ0) is 21.8. The number of thioether (sulfide) groups is 1. The van der Waals surface area contributed by atoms with Crippen molar-refractivity contribution in [3.63, 3.8) is 0 Å². The highest BCUT2D eigenvalue weighted by atomic mass is 35.5. The second kappa shape index (κ2) is 8.97. The van der Waals surface area contributed by atoms with Crippen molar-refractivity contribution in [2.75, 3.05) is 0 Å². The van der Waals surface area contributed by atoms with Gasteiger partial charge in [-0.25, -0.2) is 4.99 Å². The van der Waals surface area contributed by atoms with Gasteiger partial charge in [-0.3, -0.25) is 4.79 Å². The van der Waals surface area contributed by atoms with E-state index < -0.39 is 10.1 Å².